The molecule has 1 aliphatic carbocycles. The highest BCUT2D eigenvalue weighted by Crippen LogP contribution is 2.45. The van der Waals surface area contributed by atoms with Gasteiger partial charge in [0, 0.05) is 13.0 Å². The highest BCUT2D eigenvalue weighted by Gasteiger charge is 2.30. The first kappa shape index (κ1) is 8.48. The number of rotatable bonds is 2. The van der Waals surface area contributed by atoms with Gasteiger partial charge in [-0.2, -0.15) is 5.10 Å². The Bertz CT molecular complexity index is 388. The van der Waals surface area contributed by atoms with Gasteiger partial charge in [0.2, 0.25) is 11.9 Å². The fraction of sp³-hybridized carbons (Fsp3) is 0.500. The van der Waals surface area contributed by atoms with Crippen LogP contribution in [0.1, 0.15) is 24.5 Å². The predicted molar refractivity (Wildman–Crippen MR) is 48.0 cm³/mol. The van der Waals surface area contributed by atoms with Crippen LogP contribution in [-0.4, -0.2) is 15.9 Å². The summed E-state index contributed by atoms with van der Waals surface area (Å²) in [6.07, 6.45) is 3.72. The van der Waals surface area contributed by atoms with Crippen LogP contribution < -0.4 is 0 Å². The van der Waals surface area contributed by atoms with Crippen molar-refractivity contribution in [3.05, 3.63) is 10.7 Å². The third-order valence-corrected chi connectivity index (χ3v) is 2.49. The van der Waals surface area contributed by atoms with Gasteiger partial charge >= 0.3 is 0 Å². The minimum atomic E-state index is 0.279. The zero-order valence-corrected chi connectivity index (χ0v) is 7.88. The van der Waals surface area contributed by atoms with E-state index < -0.39 is 0 Å². The van der Waals surface area contributed by atoms with Gasteiger partial charge in [-0.3, -0.25) is 4.68 Å². The predicted octanol–water partition coefficient (Wildman–Crippen LogP) is 1.92. The molecule has 1 aromatic heterocycles. The molecule has 1 aromatic rings. The Morgan fingerprint density at radius 3 is 2.92 bits per heavy atom. The van der Waals surface area contributed by atoms with Crippen LogP contribution in [0.5, 0.6) is 0 Å². The second-order valence-electron chi connectivity index (χ2n) is 3.12. The molecule has 0 aromatic carbocycles. The molecule has 13 heavy (non-hydrogen) atoms. The summed E-state index contributed by atoms with van der Waals surface area (Å²) in [7, 11) is 1.81. The van der Waals surface area contributed by atoms with Crippen molar-refractivity contribution in [2.45, 2.75) is 18.8 Å². The maximum atomic E-state index is 10.0. The van der Waals surface area contributed by atoms with E-state index in [0.717, 1.165) is 18.5 Å². The Morgan fingerprint density at radius 2 is 2.38 bits per heavy atom. The van der Waals surface area contributed by atoms with Gasteiger partial charge in [-0.25, -0.2) is 4.79 Å². The molecule has 1 fully saturated rings. The first-order valence-corrected chi connectivity index (χ1v) is 4.42. The van der Waals surface area contributed by atoms with E-state index in [9.17, 15) is 4.79 Å². The third-order valence-electron chi connectivity index (χ3n) is 2.13. The molecule has 5 heteroatoms. The molecule has 1 heterocycles. The molecular weight excluding hydrogens is 190 g/mol. The highest BCUT2D eigenvalue weighted by atomic mass is 35.5. The molecule has 0 radical (unpaired) electrons. The summed E-state index contributed by atoms with van der Waals surface area (Å²) < 4.78 is 1.69. The fourth-order valence-corrected chi connectivity index (χ4v) is 1.77. The smallest absolute Gasteiger partial charge is 0.242 e. The lowest BCUT2D eigenvalue weighted by molar-refractivity contribution is 0.565. The highest BCUT2D eigenvalue weighted by molar-refractivity contribution is 6.33. The van der Waals surface area contributed by atoms with Crippen LogP contribution in [0.25, 0.3) is 0 Å². The number of carbonyl (C=O) groups excluding carboxylic acids is 1. The van der Waals surface area contributed by atoms with Crippen LogP contribution in [0.3, 0.4) is 0 Å². The van der Waals surface area contributed by atoms with E-state index >= 15 is 0 Å². The van der Waals surface area contributed by atoms with E-state index in [-0.39, 0.29) is 5.82 Å². The number of nitrogens with zero attached hydrogens (tertiary/aromatic N) is 3. The molecule has 0 unspecified atom stereocenters. The fourth-order valence-electron chi connectivity index (χ4n) is 1.41. The van der Waals surface area contributed by atoms with Crippen LogP contribution in [0, 0.1) is 0 Å². The molecular formula is C8H8ClN3O. The average molecular weight is 198 g/mol. The molecule has 0 N–H and O–H groups in total. The largest absolute Gasteiger partial charge is 0.269 e. The summed E-state index contributed by atoms with van der Waals surface area (Å²) in [5, 5.41) is 4.51. The Balaban J connectivity index is 2.49. The zero-order valence-electron chi connectivity index (χ0n) is 7.12. The molecule has 0 amide bonds. The van der Waals surface area contributed by atoms with Gasteiger partial charge in [0.05, 0.1) is 5.69 Å². The van der Waals surface area contributed by atoms with Crippen molar-refractivity contribution in [1.29, 1.82) is 0 Å². The van der Waals surface area contributed by atoms with Crippen LogP contribution in [0.15, 0.2) is 4.99 Å². The van der Waals surface area contributed by atoms with E-state index in [1.807, 2.05) is 7.05 Å². The topological polar surface area (TPSA) is 47.2 Å². The van der Waals surface area contributed by atoms with Gasteiger partial charge in [-0.15, -0.1) is 4.99 Å². The van der Waals surface area contributed by atoms with E-state index in [0.29, 0.717) is 10.9 Å². The van der Waals surface area contributed by atoms with Crippen molar-refractivity contribution in [1.82, 2.24) is 9.78 Å². The monoisotopic (exact) mass is 197 g/mol. The summed E-state index contributed by atoms with van der Waals surface area (Å²) in [5.74, 6) is 0.779. The lowest BCUT2D eigenvalue weighted by atomic mass is 10.3. The minimum absolute atomic E-state index is 0.279. The van der Waals surface area contributed by atoms with Crippen LogP contribution in [0.4, 0.5) is 5.82 Å². The van der Waals surface area contributed by atoms with Crippen LogP contribution >= 0.6 is 11.6 Å². The Hall–Kier alpha value is -1.12. The van der Waals surface area contributed by atoms with Gasteiger partial charge in [0.1, 0.15) is 5.02 Å². The second kappa shape index (κ2) is 2.98. The van der Waals surface area contributed by atoms with Crippen molar-refractivity contribution >= 4 is 23.5 Å². The van der Waals surface area contributed by atoms with Gasteiger partial charge in [0.25, 0.3) is 0 Å². The number of hydrogen-bond donors (Lipinski definition) is 0. The zero-order chi connectivity index (χ0) is 9.42. The molecule has 0 atom stereocenters. The van der Waals surface area contributed by atoms with Gasteiger partial charge < -0.3 is 0 Å². The van der Waals surface area contributed by atoms with E-state index in [1.54, 1.807) is 4.68 Å². The van der Waals surface area contributed by atoms with Crippen molar-refractivity contribution in [3.63, 3.8) is 0 Å². The minimum Gasteiger partial charge on any atom is -0.269 e. The molecule has 2 rings (SSSR count). The third kappa shape index (κ3) is 1.39. The number of halogens is 1. The summed E-state index contributed by atoms with van der Waals surface area (Å²) >= 11 is 5.99. The number of aryl methyl sites for hydroxylation is 1. The lowest BCUT2D eigenvalue weighted by Crippen LogP contribution is -1.95. The maximum absolute atomic E-state index is 10.0. The molecule has 4 nitrogen and oxygen atoms in total. The van der Waals surface area contributed by atoms with Crippen molar-refractivity contribution < 1.29 is 4.79 Å². The average Bonchev–Trinajstić information content (AvgIpc) is 2.84. The molecule has 68 valence electrons. The SMILES string of the molecule is Cn1nc(N=C=O)c(Cl)c1C1CC1. The Kier molecular flexibility index (Phi) is 1.94. The number of aromatic nitrogens is 2. The molecule has 1 aliphatic rings. The number of aliphatic imine (C=N–C) groups is 1. The van der Waals surface area contributed by atoms with Gasteiger partial charge in [0.15, 0.2) is 0 Å². The summed E-state index contributed by atoms with van der Waals surface area (Å²) in [6.45, 7) is 0. The molecule has 0 bridgehead atoms. The van der Waals surface area contributed by atoms with E-state index in [4.69, 9.17) is 11.6 Å². The normalized spacial score (nSPS) is 15.5. The Morgan fingerprint density at radius 1 is 1.69 bits per heavy atom. The van der Waals surface area contributed by atoms with Crippen molar-refractivity contribution in [3.8, 4) is 0 Å². The lowest BCUT2D eigenvalue weighted by Gasteiger charge is -1.96. The van der Waals surface area contributed by atoms with Crippen molar-refractivity contribution in [2.75, 3.05) is 0 Å². The van der Waals surface area contributed by atoms with Crippen molar-refractivity contribution in [2.24, 2.45) is 12.0 Å². The van der Waals surface area contributed by atoms with Crippen LogP contribution in [0.2, 0.25) is 5.02 Å². The summed E-state index contributed by atoms with van der Waals surface area (Å²) in [5.41, 5.74) is 0.982. The van der Waals surface area contributed by atoms with Gasteiger partial charge in [-0.1, -0.05) is 11.6 Å². The summed E-state index contributed by atoms with van der Waals surface area (Å²) in [6, 6.07) is 0. The number of hydrogen-bond acceptors (Lipinski definition) is 3. The molecule has 0 saturated heterocycles. The maximum Gasteiger partial charge on any atom is 0.242 e. The molecule has 1 saturated carbocycles. The second-order valence-corrected chi connectivity index (χ2v) is 3.50. The van der Waals surface area contributed by atoms with Crippen LogP contribution in [-0.2, 0) is 11.8 Å². The number of isocyanates is 1. The van der Waals surface area contributed by atoms with Gasteiger partial charge in [-0.05, 0) is 12.8 Å². The first-order valence-electron chi connectivity index (χ1n) is 4.04. The first-order chi connectivity index (χ1) is 6.24. The molecule has 0 spiro atoms. The summed E-state index contributed by atoms with van der Waals surface area (Å²) in [4.78, 5) is 13.5. The standard InChI is InChI=1S/C8H8ClN3O/c1-12-7(5-2-3-5)6(9)8(11-12)10-4-13/h5H,2-3H2,1H3. The Labute approximate surface area is 80.2 Å². The van der Waals surface area contributed by atoms with E-state index in [2.05, 4.69) is 10.1 Å². The van der Waals surface area contributed by atoms with E-state index in [1.165, 1.54) is 6.08 Å². The molecule has 0 aliphatic heterocycles. The quantitative estimate of drug-likeness (QED) is 0.537.